The number of nitrogens with one attached hydrogen (secondary N) is 2. The normalized spacial score (nSPS) is 10.7. The average Bonchev–Trinajstić information content (AvgIpc) is 3.23. The van der Waals surface area contributed by atoms with Gasteiger partial charge in [0.05, 0.1) is 24.3 Å². The molecule has 1 aromatic heterocycles. The first kappa shape index (κ1) is 23.8. The molecule has 0 spiro atoms. The summed E-state index contributed by atoms with van der Waals surface area (Å²) in [7, 11) is 3.04. The Morgan fingerprint density at radius 2 is 1.76 bits per heavy atom. The average molecular weight is 516 g/mol. The molecular weight excluding hydrogens is 497 g/mol. The largest absolute Gasteiger partial charge is 0.497 e. The zero-order valence-corrected chi connectivity index (χ0v) is 20.7. The van der Waals surface area contributed by atoms with Crippen LogP contribution in [0.25, 0.3) is 22.6 Å². The Morgan fingerprint density at radius 3 is 2.44 bits per heavy atom. The highest BCUT2D eigenvalue weighted by Crippen LogP contribution is 2.34. The first-order valence-corrected chi connectivity index (χ1v) is 11.2. The van der Waals surface area contributed by atoms with E-state index in [1.165, 1.54) is 19.2 Å². The van der Waals surface area contributed by atoms with Gasteiger partial charge in [0.1, 0.15) is 11.3 Å². The van der Waals surface area contributed by atoms with Gasteiger partial charge in [-0.15, -0.1) is 0 Å². The highest BCUT2D eigenvalue weighted by atomic mass is 35.5. The van der Waals surface area contributed by atoms with Crippen LogP contribution in [0.2, 0.25) is 10.0 Å². The van der Waals surface area contributed by atoms with Crippen molar-refractivity contribution >= 4 is 63.2 Å². The Kier molecular flexibility index (Phi) is 6.92. The Bertz CT molecular complexity index is 1400. The van der Waals surface area contributed by atoms with Gasteiger partial charge in [0.25, 0.3) is 5.91 Å². The molecule has 0 aliphatic heterocycles. The zero-order valence-electron chi connectivity index (χ0n) is 18.4. The second kappa shape index (κ2) is 9.89. The molecule has 0 unspecified atom stereocenters. The van der Waals surface area contributed by atoms with Crippen molar-refractivity contribution in [3.63, 3.8) is 0 Å². The molecule has 7 nitrogen and oxygen atoms in total. The molecule has 3 aromatic carbocycles. The molecule has 2 N–H and O–H groups in total. The maximum Gasteiger partial charge on any atom is 0.257 e. The van der Waals surface area contributed by atoms with Crippen molar-refractivity contribution in [3.8, 4) is 23.0 Å². The van der Waals surface area contributed by atoms with Gasteiger partial charge < -0.3 is 19.2 Å². The van der Waals surface area contributed by atoms with E-state index in [1.807, 2.05) is 31.2 Å². The fraction of sp³-hybridized carbons (Fsp3) is 0.125. The Hall–Kier alpha value is -3.33. The van der Waals surface area contributed by atoms with E-state index in [2.05, 4.69) is 15.6 Å². The molecule has 0 bridgehead atoms. The van der Waals surface area contributed by atoms with Crippen LogP contribution in [0, 0.1) is 6.92 Å². The molecule has 0 saturated heterocycles. The molecule has 0 atom stereocenters. The van der Waals surface area contributed by atoms with Gasteiger partial charge in [-0.05, 0) is 61.1 Å². The van der Waals surface area contributed by atoms with Crippen LogP contribution in [0.4, 0.5) is 5.69 Å². The number of amides is 1. The molecule has 0 aliphatic rings. The van der Waals surface area contributed by atoms with E-state index in [0.717, 1.165) is 11.1 Å². The summed E-state index contributed by atoms with van der Waals surface area (Å²) >= 11 is 17.6. The fourth-order valence-electron chi connectivity index (χ4n) is 3.26. The van der Waals surface area contributed by atoms with Gasteiger partial charge in [0.15, 0.2) is 16.4 Å². The van der Waals surface area contributed by atoms with Crippen molar-refractivity contribution < 1.29 is 18.7 Å². The van der Waals surface area contributed by atoms with Crippen LogP contribution in [0.3, 0.4) is 0 Å². The number of oxazole rings is 1. The first-order chi connectivity index (χ1) is 16.3. The summed E-state index contributed by atoms with van der Waals surface area (Å²) in [5.41, 5.74) is 3.91. The van der Waals surface area contributed by atoms with E-state index in [0.29, 0.717) is 34.2 Å². The van der Waals surface area contributed by atoms with Gasteiger partial charge >= 0.3 is 0 Å². The minimum absolute atomic E-state index is 0.107. The second-order valence-electron chi connectivity index (χ2n) is 7.26. The molecule has 34 heavy (non-hydrogen) atoms. The predicted octanol–water partition coefficient (Wildman–Crippen LogP) is 6.25. The summed E-state index contributed by atoms with van der Waals surface area (Å²) in [4.78, 5) is 17.2. The quantitative estimate of drug-likeness (QED) is 0.303. The van der Waals surface area contributed by atoms with Gasteiger partial charge in [-0.3, -0.25) is 10.1 Å². The van der Waals surface area contributed by atoms with E-state index in [4.69, 9.17) is 49.3 Å². The van der Waals surface area contributed by atoms with Crippen LogP contribution in [-0.4, -0.2) is 30.2 Å². The lowest BCUT2D eigenvalue weighted by atomic mass is 10.1. The van der Waals surface area contributed by atoms with E-state index in [-0.39, 0.29) is 20.7 Å². The molecule has 0 radical (unpaired) electrons. The topological polar surface area (TPSA) is 85.6 Å². The lowest BCUT2D eigenvalue weighted by Crippen LogP contribution is -2.34. The van der Waals surface area contributed by atoms with Crippen molar-refractivity contribution in [1.29, 1.82) is 0 Å². The van der Waals surface area contributed by atoms with Crippen LogP contribution in [0.15, 0.2) is 52.9 Å². The van der Waals surface area contributed by atoms with Crippen molar-refractivity contribution in [3.05, 3.63) is 69.7 Å². The lowest BCUT2D eigenvalue weighted by molar-refractivity contribution is 0.0977. The second-order valence-corrected chi connectivity index (χ2v) is 8.49. The number of aromatic nitrogens is 1. The van der Waals surface area contributed by atoms with Crippen molar-refractivity contribution in [2.75, 3.05) is 19.5 Å². The third-order valence-electron chi connectivity index (χ3n) is 5.02. The molecule has 10 heteroatoms. The molecule has 174 valence electrons. The van der Waals surface area contributed by atoms with E-state index >= 15 is 0 Å². The smallest absolute Gasteiger partial charge is 0.257 e. The van der Waals surface area contributed by atoms with Crippen LogP contribution < -0.4 is 20.1 Å². The highest BCUT2D eigenvalue weighted by Gasteiger charge is 2.16. The summed E-state index contributed by atoms with van der Waals surface area (Å²) in [6, 6.07) is 14.0. The van der Waals surface area contributed by atoms with Crippen molar-refractivity contribution in [2.45, 2.75) is 6.92 Å². The van der Waals surface area contributed by atoms with Gasteiger partial charge in [-0.2, -0.15) is 0 Å². The summed E-state index contributed by atoms with van der Waals surface area (Å²) < 4.78 is 16.2. The SMILES string of the molecule is COc1ccc2oc(-c3ccc(C)c(NC(=S)NC(=O)c4cc(Cl)c(OC)c(Cl)c4)c3)nc2c1. The molecule has 4 aromatic rings. The van der Waals surface area contributed by atoms with E-state index < -0.39 is 5.91 Å². The van der Waals surface area contributed by atoms with Gasteiger partial charge in [-0.1, -0.05) is 29.3 Å². The number of methoxy groups -OCH3 is 2. The number of fused-ring (bicyclic) bond motifs is 1. The first-order valence-electron chi connectivity index (χ1n) is 10.00. The maximum absolute atomic E-state index is 12.6. The number of halogens is 2. The molecule has 1 amide bonds. The Balaban J connectivity index is 1.52. The number of hydrogen-bond acceptors (Lipinski definition) is 6. The minimum atomic E-state index is -0.467. The van der Waals surface area contributed by atoms with Crippen LogP contribution in [-0.2, 0) is 0 Å². The number of aryl methyl sites for hydroxylation is 1. The monoisotopic (exact) mass is 515 g/mol. The zero-order chi connectivity index (χ0) is 24.4. The number of rotatable bonds is 5. The van der Waals surface area contributed by atoms with Crippen molar-refractivity contribution in [2.24, 2.45) is 0 Å². The Morgan fingerprint density at radius 1 is 1.03 bits per heavy atom. The predicted molar refractivity (Wildman–Crippen MR) is 137 cm³/mol. The number of ether oxygens (including phenoxy) is 2. The van der Waals surface area contributed by atoms with Crippen LogP contribution in [0.1, 0.15) is 15.9 Å². The number of benzene rings is 3. The van der Waals surface area contributed by atoms with E-state index in [1.54, 1.807) is 19.2 Å². The third-order valence-corrected chi connectivity index (χ3v) is 5.78. The third kappa shape index (κ3) is 4.94. The fourth-order valence-corrected chi connectivity index (χ4v) is 4.11. The molecule has 4 rings (SSSR count). The molecule has 0 aliphatic carbocycles. The summed E-state index contributed by atoms with van der Waals surface area (Å²) in [6.45, 7) is 1.91. The number of thiocarbonyl (C=S) groups is 1. The van der Waals surface area contributed by atoms with Crippen LogP contribution in [0.5, 0.6) is 11.5 Å². The number of anilines is 1. The molecule has 0 fully saturated rings. The number of nitrogens with zero attached hydrogens (tertiary/aromatic N) is 1. The molecule has 1 heterocycles. The Labute approximate surface area is 211 Å². The van der Waals surface area contributed by atoms with E-state index in [9.17, 15) is 4.79 Å². The van der Waals surface area contributed by atoms with Gasteiger partial charge in [0.2, 0.25) is 5.89 Å². The van der Waals surface area contributed by atoms with Crippen molar-refractivity contribution in [1.82, 2.24) is 10.3 Å². The van der Waals surface area contributed by atoms with Gasteiger partial charge in [0, 0.05) is 22.9 Å². The maximum atomic E-state index is 12.6. The number of carbonyl (C=O) groups is 1. The highest BCUT2D eigenvalue weighted by molar-refractivity contribution is 7.80. The summed E-state index contributed by atoms with van der Waals surface area (Å²) in [5.74, 6) is 0.972. The van der Waals surface area contributed by atoms with Gasteiger partial charge in [-0.25, -0.2) is 4.98 Å². The summed E-state index contributed by atoms with van der Waals surface area (Å²) in [5, 5.41) is 6.22. The minimum Gasteiger partial charge on any atom is -0.497 e. The van der Waals surface area contributed by atoms with Crippen LogP contribution >= 0.6 is 35.4 Å². The molecular formula is C24H19Cl2N3O4S. The number of carbonyl (C=O) groups excluding carboxylic acids is 1. The number of hydrogen-bond donors (Lipinski definition) is 2. The molecule has 0 saturated carbocycles. The lowest BCUT2D eigenvalue weighted by Gasteiger charge is -2.13. The standard InChI is InChI=1S/C24H19Cl2N3O4S/c1-12-4-5-13(23-27-19-11-15(31-2)6-7-20(19)33-23)10-18(12)28-24(34)29-22(30)14-8-16(25)21(32-3)17(26)9-14/h4-11H,1-3H3,(H2,28,29,30,34). The summed E-state index contributed by atoms with van der Waals surface area (Å²) in [6.07, 6.45) is 0.